The number of benzene rings is 1. The molecule has 0 aliphatic carbocycles. The summed E-state index contributed by atoms with van der Waals surface area (Å²) in [6.07, 6.45) is -1.45. The van der Waals surface area contributed by atoms with E-state index in [9.17, 15) is 4.79 Å². The predicted molar refractivity (Wildman–Crippen MR) is 67.6 cm³/mol. The molecule has 2 rings (SSSR count). The van der Waals surface area contributed by atoms with Crippen LogP contribution in [-0.2, 0) is 16.1 Å². The maximum Gasteiger partial charge on any atom is 0.510 e. The first-order valence-electron chi connectivity index (χ1n) is 5.54. The van der Waals surface area contributed by atoms with Crippen LogP contribution in [0.5, 0.6) is 0 Å². The average Bonchev–Trinajstić information content (AvgIpc) is 2.84. The van der Waals surface area contributed by atoms with Gasteiger partial charge in [-0.1, -0.05) is 40.6 Å². The minimum absolute atomic E-state index is 0.152. The van der Waals surface area contributed by atoms with E-state index in [-0.39, 0.29) is 11.4 Å². The van der Waals surface area contributed by atoms with E-state index in [1.165, 1.54) is 4.68 Å². The number of tetrazole rings is 1. The van der Waals surface area contributed by atoms with Gasteiger partial charge in [0.05, 0.1) is 0 Å². The van der Waals surface area contributed by atoms with Gasteiger partial charge in [-0.05, 0) is 24.7 Å². The van der Waals surface area contributed by atoms with Crippen molar-refractivity contribution in [2.24, 2.45) is 0 Å². The Kier molecular flexibility index (Phi) is 4.24. The average molecular weight is 280 g/mol. The number of hydrogen-bond donors (Lipinski definition) is 1. The normalized spacial score (nSPS) is 11.8. The Labute approximate surface area is 114 Å². The molecule has 1 heterocycles. The number of aromatic nitrogens is 4. The summed E-state index contributed by atoms with van der Waals surface area (Å²) < 4.78 is 11.5. The largest absolute Gasteiger partial charge is 0.510 e. The van der Waals surface area contributed by atoms with Crippen LogP contribution >= 0.6 is 12.2 Å². The predicted octanol–water partition coefficient (Wildman–Crippen LogP) is 2.21. The number of nitrogens with one attached hydrogen (secondary N) is 1. The second-order valence-corrected chi connectivity index (χ2v) is 4.06. The Bertz CT molecular complexity index is 595. The van der Waals surface area contributed by atoms with Gasteiger partial charge >= 0.3 is 6.16 Å². The Morgan fingerprint density at radius 1 is 1.47 bits per heavy atom. The molecular formula is C11H12N4O3S. The number of carbonyl (C=O) groups excluding carboxylic acids is 1. The molecular weight excluding hydrogens is 268 g/mol. The van der Waals surface area contributed by atoms with Crippen molar-refractivity contribution in [3.05, 3.63) is 40.7 Å². The van der Waals surface area contributed by atoms with Crippen LogP contribution in [0.3, 0.4) is 0 Å². The number of carbonyl (C=O) groups is 1. The van der Waals surface area contributed by atoms with Crippen LogP contribution in [0.2, 0.25) is 0 Å². The first-order valence-corrected chi connectivity index (χ1v) is 5.94. The van der Waals surface area contributed by atoms with E-state index in [2.05, 4.69) is 15.5 Å². The van der Waals surface area contributed by atoms with Crippen molar-refractivity contribution in [2.45, 2.75) is 19.8 Å². The van der Waals surface area contributed by atoms with E-state index in [0.717, 1.165) is 5.56 Å². The molecule has 0 aliphatic heterocycles. The summed E-state index contributed by atoms with van der Waals surface area (Å²) in [7, 11) is 0. The van der Waals surface area contributed by atoms with Gasteiger partial charge in [-0.25, -0.2) is 9.48 Å². The van der Waals surface area contributed by atoms with E-state index in [1.54, 1.807) is 6.92 Å². The van der Waals surface area contributed by atoms with Crippen LogP contribution < -0.4 is 0 Å². The fourth-order valence-electron chi connectivity index (χ4n) is 1.38. The topological polar surface area (TPSA) is 82.0 Å². The smallest absolute Gasteiger partial charge is 0.429 e. The molecule has 100 valence electrons. The van der Waals surface area contributed by atoms with Gasteiger partial charge in [0.15, 0.2) is 6.23 Å². The second kappa shape index (κ2) is 6.10. The summed E-state index contributed by atoms with van der Waals surface area (Å²) >= 11 is 4.88. The molecule has 1 N–H and O–H groups in total. The molecule has 1 unspecified atom stereocenters. The molecule has 0 bridgehead atoms. The van der Waals surface area contributed by atoms with Crippen molar-refractivity contribution in [3.63, 3.8) is 0 Å². The fraction of sp³-hybridized carbons (Fsp3) is 0.273. The van der Waals surface area contributed by atoms with Gasteiger partial charge in [-0.2, -0.15) is 5.21 Å². The standard InChI is InChI=1S/C11H12N4O3S/c1-8(15-10(19)12-13-14-15)18-11(16)17-7-9-5-3-2-4-6-9/h2-6,8H,7H2,1H3,(H,12,14,19). The number of ether oxygens (including phenoxy) is 2. The maximum atomic E-state index is 11.5. The lowest BCUT2D eigenvalue weighted by Crippen LogP contribution is -2.17. The minimum Gasteiger partial charge on any atom is -0.429 e. The number of nitrogens with zero attached hydrogens (tertiary/aromatic N) is 3. The molecule has 0 amide bonds. The van der Waals surface area contributed by atoms with Crippen molar-refractivity contribution in [3.8, 4) is 0 Å². The first-order chi connectivity index (χ1) is 9.16. The summed E-state index contributed by atoms with van der Waals surface area (Å²) in [6, 6.07) is 9.32. The molecule has 2 aromatic rings. The van der Waals surface area contributed by atoms with Crippen LogP contribution in [0, 0.1) is 4.77 Å². The molecule has 0 aliphatic rings. The van der Waals surface area contributed by atoms with Crippen molar-refractivity contribution < 1.29 is 14.3 Å². The van der Waals surface area contributed by atoms with Gasteiger partial charge < -0.3 is 9.47 Å². The highest BCUT2D eigenvalue weighted by atomic mass is 32.1. The molecule has 0 saturated carbocycles. The van der Waals surface area contributed by atoms with Gasteiger partial charge in [-0.3, -0.25) is 0 Å². The molecule has 7 nitrogen and oxygen atoms in total. The van der Waals surface area contributed by atoms with Crippen molar-refractivity contribution in [1.82, 2.24) is 20.2 Å². The van der Waals surface area contributed by atoms with Crippen LogP contribution in [0.1, 0.15) is 18.7 Å². The molecule has 8 heteroatoms. The number of hydrogen-bond acceptors (Lipinski definition) is 6. The van der Waals surface area contributed by atoms with Gasteiger partial charge in [0.25, 0.3) is 0 Å². The third-order valence-corrected chi connectivity index (χ3v) is 2.60. The summed E-state index contributed by atoms with van der Waals surface area (Å²) in [5, 5.41) is 9.58. The number of rotatable bonds is 4. The van der Waals surface area contributed by atoms with Crippen molar-refractivity contribution >= 4 is 18.4 Å². The number of aromatic amines is 1. The highest BCUT2D eigenvalue weighted by Gasteiger charge is 2.13. The summed E-state index contributed by atoms with van der Waals surface area (Å²) in [5.74, 6) is 0. The van der Waals surface area contributed by atoms with E-state index in [0.29, 0.717) is 0 Å². The zero-order chi connectivity index (χ0) is 13.7. The molecule has 0 fully saturated rings. The molecule has 0 spiro atoms. The first kappa shape index (κ1) is 13.2. The maximum absolute atomic E-state index is 11.5. The Morgan fingerprint density at radius 2 is 2.21 bits per heavy atom. The molecule has 1 aromatic heterocycles. The van der Waals surface area contributed by atoms with Crippen molar-refractivity contribution in [2.75, 3.05) is 0 Å². The third-order valence-electron chi connectivity index (χ3n) is 2.32. The molecule has 0 radical (unpaired) electrons. The Hall–Kier alpha value is -2.22. The van der Waals surface area contributed by atoms with Gasteiger partial charge in [0, 0.05) is 0 Å². The van der Waals surface area contributed by atoms with Crippen LogP contribution in [0.25, 0.3) is 0 Å². The van der Waals surface area contributed by atoms with E-state index in [1.807, 2.05) is 30.3 Å². The van der Waals surface area contributed by atoms with Crippen LogP contribution in [0.4, 0.5) is 4.79 Å². The zero-order valence-electron chi connectivity index (χ0n) is 10.1. The summed E-state index contributed by atoms with van der Waals surface area (Å²) in [6.45, 7) is 1.78. The summed E-state index contributed by atoms with van der Waals surface area (Å²) in [4.78, 5) is 11.5. The molecule has 1 atom stereocenters. The van der Waals surface area contributed by atoms with Crippen molar-refractivity contribution in [1.29, 1.82) is 0 Å². The Balaban J connectivity index is 1.85. The van der Waals surface area contributed by atoms with Gasteiger partial charge in [0.2, 0.25) is 4.77 Å². The lowest BCUT2D eigenvalue weighted by atomic mass is 10.2. The number of H-pyrrole nitrogens is 1. The SMILES string of the molecule is CC(OC(=O)OCc1ccccc1)n1[nH]nnc1=S. The monoisotopic (exact) mass is 280 g/mol. The Morgan fingerprint density at radius 3 is 2.84 bits per heavy atom. The molecule has 0 saturated heterocycles. The lowest BCUT2D eigenvalue weighted by molar-refractivity contribution is -0.00583. The molecule has 1 aromatic carbocycles. The quantitative estimate of drug-likeness (QED) is 0.683. The van der Waals surface area contributed by atoms with E-state index >= 15 is 0 Å². The third kappa shape index (κ3) is 3.62. The zero-order valence-corrected chi connectivity index (χ0v) is 11.0. The van der Waals surface area contributed by atoms with Gasteiger partial charge in [-0.15, -0.1) is 0 Å². The second-order valence-electron chi connectivity index (χ2n) is 3.69. The minimum atomic E-state index is -0.784. The van der Waals surface area contributed by atoms with Crippen LogP contribution in [0.15, 0.2) is 30.3 Å². The highest BCUT2D eigenvalue weighted by molar-refractivity contribution is 7.71. The van der Waals surface area contributed by atoms with Gasteiger partial charge in [0.1, 0.15) is 6.61 Å². The van der Waals surface area contributed by atoms with E-state index in [4.69, 9.17) is 21.7 Å². The fourth-order valence-corrected chi connectivity index (χ4v) is 1.61. The highest BCUT2D eigenvalue weighted by Crippen LogP contribution is 2.08. The molecule has 19 heavy (non-hydrogen) atoms. The summed E-state index contributed by atoms with van der Waals surface area (Å²) in [5.41, 5.74) is 0.881. The van der Waals surface area contributed by atoms with E-state index < -0.39 is 12.4 Å². The lowest BCUT2D eigenvalue weighted by Gasteiger charge is -2.12. The van der Waals surface area contributed by atoms with Crippen LogP contribution in [-0.4, -0.2) is 26.4 Å².